The number of hydrogen-bond acceptors (Lipinski definition) is 2. The minimum Gasteiger partial charge on any atom is -0.330 e. The Labute approximate surface area is 96.3 Å². The van der Waals surface area contributed by atoms with Crippen LogP contribution in [0.1, 0.15) is 19.3 Å². The molecule has 0 aromatic heterocycles. The van der Waals surface area contributed by atoms with E-state index in [0.717, 1.165) is 31.4 Å². The smallest absolute Gasteiger partial charge is 0.160 e. The van der Waals surface area contributed by atoms with Gasteiger partial charge in [0.15, 0.2) is 11.6 Å². The van der Waals surface area contributed by atoms with E-state index in [2.05, 4.69) is 0 Å². The Morgan fingerprint density at radius 3 is 2.50 bits per heavy atom. The molecule has 0 aliphatic heterocycles. The van der Waals surface area contributed by atoms with Crippen molar-refractivity contribution in [3.05, 3.63) is 29.8 Å². The van der Waals surface area contributed by atoms with Crippen LogP contribution in [0.3, 0.4) is 0 Å². The van der Waals surface area contributed by atoms with Crippen LogP contribution in [0.25, 0.3) is 0 Å². The Bertz CT molecular complexity index is 371. The molecule has 0 bridgehead atoms. The fourth-order valence-corrected chi connectivity index (χ4v) is 2.45. The predicted molar refractivity (Wildman–Crippen MR) is 60.5 cm³/mol. The highest BCUT2D eigenvalue weighted by Crippen LogP contribution is 2.13. The highest BCUT2D eigenvalue weighted by Gasteiger charge is 2.07. The van der Waals surface area contributed by atoms with Gasteiger partial charge < -0.3 is 5.73 Å². The van der Waals surface area contributed by atoms with Crippen molar-refractivity contribution in [3.8, 4) is 0 Å². The first kappa shape index (κ1) is 13.3. The summed E-state index contributed by atoms with van der Waals surface area (Å²) in [7, 11) is -1.25. The van der Waals surface area contributed by atoms with Gasteiger partial charge in [-0.3, -0.25) is 4.21 Å². The number of benzene rings is 1. The second-order valence-corrected chi connectivity index (χ2v) is 5.05. The van der Waals surface area contributed by atoms with Gasteiger partial charge in [0.2, 0.25) is 0 Å². The van der Waals surface area contributed by atoms with Crippen LogP contribution in [-0.2, 0) is 10.8 Å². The molecule has 90 valence electrons. The number of halogens is 2. The summed E-state index contributed by atoms with van der Waals surface area (Å²) in [5.41, 5.74) is 5.33. The lowest BCUT2D eigenvalue weighted by atomic mass is 10.2. The minimum absolute atomic E-state index is 0.339. The molecule has 1 unspecified atom stereocenters. The number of unbranched alkanes of at least 4 members (excludes halogenated alkanes) is 2. The molecular weight excluding hydrogens is 232 g/mol. The van der Waals surface area contributed by atoms with Crippen LogP contribution in [0, 0.1) is 11.6 Å². The van der Waals surface area contributed by atoms with E-state index < -0.39 is 22.4 Å². The lowest BCUT2D eigenvalue weighted by molar-refractivity contribution is 0.505. The average Bonchev–Trinajstić information content (AvgIpc) is 2.28. The summed E-state index contributed by atoms with van der Waals surface area (Å²) in [6.07, 6.45) is 2.59. The van der Waals surface area contributed by atoms with Crippen LogP contribution >= 0.6 is 0 Å². The molecule has 0 saturated carbocycles. The Kier molecular flexibility index (Phi) is 5.55. The van der Waals surface area contributed by atoms with Crippen molar-refractivity contribution in [3.63, 3.8) is 0 Å². The molecule has 2 nitrogen and oxygen atoms in total. The molecule has 2 N–H and O–H groups in total. The van der Waals surface area contributed by atoms with Crippen molar-refractivity contribution in [1.29, 1.82) is 0 Å². The Morgan fingerprint density at radius 2 is 1.88 bits per heavy atom. The van der Waals surface area contributed by atoms with Crippen LogP contribution in [0.5, 0.6) is 0 Å². The van der Waals surface area contributed by atoms with Gasteiger partial charge >= 0.3 is 0 Å². The van der Waals surface area contributed by atoms with Crippen molar-refractivity contribution in [2.75, 3.05) is 12.3 Å². The minimum atomic E-state index is -1.25. The van der Waals surface area contributed by atoms with Crippen LogP contribution in [0.4, 0.5) is 8.78 Å². The molecule has 1 rings (SSSR count). The zero-order chi connectivity index (χ0) is 12.0. The summed E-state index contributed by atoms with van der Waals surface area (Å²) < 4.78 is 37.1. The summed E-state index contributed by atoms with van der Waals surface area (Å²) in [5.74, 6) is -1.40. The van der Waals surface area contributed by atoms with E-state index in [4.69, 9.17) is 5.73 Å². The van der Waals surface area contributed by atoms with Crippen molar-refractivity contribution in [1.82, 2.24) is 0 Å². The number of rotatable bonds is 6. The summed E-state index contributed by atoms with van der Waals surface area (Å²) in [6.45, 7) is 0.623. The van der Waals surface area contributed by atoms with E-state index in [0.29, 0.717) is 17.2 Å². The molecule has 0 fully saturated rings. The maximum Gasteiger partial charge on any atom is 0.160 e. The third-order valence-corrected chi connectivity index (χ3v) is 3.63. The molecule has 0 aliphatic rings. The maximum atomic E-state index is 12.9. The SMILES string of the molecule is NCCCCCS(=O)c1ccc(F)c(F)c1. The lowest BCUT2D eigenvalue weighted by Gasteiger charge is -2.02. The molecule has 5 heteroatoms. The van der Waals surface area contributed by atoms with Gasteiger partial charge in [-0.1, -0.05) is 6.42 Å². The van der Waals surface area contributed by atoms with Crippen LogP contribution in [0.2, 0.25) is 0 Å². The van der Waals surface area contributed by atoms with Gasteiger partial charge in [-0.2, -0.15) is 0 Å². The van der Waals surface area contributed by atoms with Gasteiger partial charge in [-0.05, 0) is 37.6 Å². The monoisotopic (exact) mass is 247 g/mol. The Hall–Kier alpha value is -0.810. The standard InChI is InChI=1S/C11H15F2NOS/c12-10-5-4-9(8-11(10)13)16(15)7-3-1-2-6-14/h4-5,8H,1-3,6-7,14H2. The molecule has 1 atom stereocenters. The molecule has 16 heavy (non-hydrogen) atoms. The summed E-state index contributed by atoms with van der Waals surface area (Å²) >= 11 is 0. The highest BCUT2D eigenvalue weighted by molar-refractivity contribution is 7.85. The summed E-state index contributed by atoms with van der Waals surface area (Å²) in [5, 5.41) is 0. The largest absolute Gasteiger partial charge is 0.330 e. The summed E-state index contributed by atoms with van der Waals surface area (Å²) in [6, 6.07) is 3.36. The van der Waals surface area contributed by atoms with Gasteiger partial charge in [0, 0.05) is 10.6 Å². The average molecular weight is 247 g/mol. The maximum absolute atomic E-state index is 12.9. The fourth-order valence-electron chi connectivity index (χ4n) is 1.29. The second kappa shape index (κ2) is 6.70. The van der Waals surface area contributed by atoms with Gasteiger partial charge in [0.1, 0.15) is 0 Å². The molecule has 0 aliphatic carbocycles. The van der Waals surface area contributed by atoms with E-state index in [1.54, 1.807) is 0 Å². The first-order valence-electron chi connectivity index (χ1n) is 5.18. The highest BCUT2D eigenvalue weighted by atomic mass is 32.2. The van der Waals surface area contributed by atoms with Crippen molar-refractivity contribution in [2.24, 2.45) is 5.73 Å². The molecule has 0 radical (unpaired) electrons. The third-order valence-electron chi connectivity index (χ3n) is 2.19. The van der Waals surface area contributed by atoms with Crippen LogP contribution in [-0.4, -0.2) is 16.5 Å². The van der Waals surface area contributed by atoms with Gasteiger partial charge in [-0.25, -0.2) is 8.78 Å². The molecular formula is C11H15F2NOS. The molecule has 0 spiro atoms. The van der Waals surface area contributed by atoms with Crippen molar-refractivity contribution in [2.45, 2.75) is 24.2 Å². The molecule has 1 aromatic carbocycles. The van der Waals surface area contributed by atoms with Crippen LogP contribution in [0.15, 0.2) is 23.1 Å². The number of hydrogen-bond donors (Lipinski definition) is 1. The predicted octanol–water partition coefficient (Wildman–Crippen LogP) is 2.20. The molecule has 1 aromatic rings. The normalized spacial score (nSPS) is 12.7. The zero-order valence-corrected chi connectivity index (χ0v) is 9.73. The van der Waals surface area contributed by atoms with Gasteiger partial charge in [0.05, 0.1) is 10.8 Å². The van der Waals surface area contributed by atoms with Crippen LogP contribution < -0.4 is 5.73 Å². The van der Waals surface area contributed by atoms with E-state index >= 15 is 0 Å². The van der Waals surface area contributed by atoms with Gasteiger partial charge in [0.25, 0.3) is 0 Å². The topological polar surface area (TPSA) is 43.1 Å². The lowest BCUT2D eigenvalue weighted by Crippen LogP contribution is -2.02. The van der Waals surface area contributed by atoms with Gasteiger partial charge in [-0.15, -0.1) is 0 Å². The van der Waals surface area contributed by atoms with Crippen molar-refractivity contribution < 1.29 is 13.0 Å². The molecule has 0 heterocycles. The first-order chi connectivity index (χ1) is 7.65. The fraction of sp³-hybridized carbons (Fsp3) is 0.455. The second-order valence-electron chi connectivity index (χ2n) is 3.47. The molecule has 0 saturated heterocycles. The van der Waals surface area contributed by atoms with Crippen molar-refractivity contribution >= 4 is 10.8 Å². The third kappa shape index (κ3) is 3.98. The molecule has 0 amide bonds. The van der Waals surface area contributed by atoms with E-state index in [-0.39, 0.29) is 0 Å². The summed E-state index contributed by atoms with van der Waals surface area (Å²) in [4.78, 5) is 0.339. The van der Waals surface area contributed by atoms with E-state index in [9.17, 15) is 13.0 Å². The van der Waals surface area contributed by atoms with E-state index in [1.165, 1.54) is 6.07 Å². The quantitative estimate of drug-likeness (QED) is 0.783. The Morgan fingerprint density at radius 1 is 1.12 bits per heavy atom. The number of nitrogens with two attached hydrogens (primary N) is 1. The zero-order valence-electron chi connectivity index (χ0n) is 8.92. The Balaban J connectivity index is 2.50. The first-order valence-corrected chi connectivity index (χ1v) is 6.50. The van der Waals surface area contributed by atoms with E-state index in [1.807, 2.05) is 0 Å².